The van der Waals surface area contributed by atoms with Gasteiger partial charge in [-0.1, -0.05) is 0 Å². The molecule has 0 saturated heterocycles. The first kappa shape index (κ1) is 13.5. The first-order valence-electron chi connectivity index (χ1n) is 6.11. The number of ether oxygens (including phenoxy) is 1. The quantitative estimate of drug-likeness (QED) is 0.852. The summed E-state index contributed by atoms with van der Waals surface area (Å²) in [7, 11) is 0. The zero-order valence-electron chi connectivity index (χ0n) is 11.0. The molecule has 2 aromatic rings. The summed E-state index contributed by atoms with van der Waals surface area (Å²) >= 11 is 1.64. The van der Waals surface area contributed by atoms with Gasteiger partial charge in [-0.2, -0.15) is 0 Å². The average molecular weight is 276 g/mol. The SMILES string of the molecule is CCOC(=O)c1ccc(NCc2nc(C)cs2)cc1. The third-order valence-corrected chi connectivity index (χ3v) is 3.47. The Balaban J connectivity index is 1.93. The van der Waals surface area contributed by atoms with E-state index in [0.29, 0.717) is 18.7 Å². The minimum Gasteiger partial charge on any atom is -0.462 e. The standard InChI is InChI=1S/C14H16N2O2S/c1-3-18-14(17)11-4-6-12(7-5-11)15-8-13-16-10(2)9-19-13/h4-7,9,15H,3,8H2,1-2H3. The summed E-state index contributed by atoms with van der Waals surface area (Å²) in [4.78, 5) is 15.9. The van der Waals surface area contributed by atoms with Crippen molar-refractivity contribution in [1.82, 2.24) is 4.98 Å². The second-order valence-corrected chi connectivity index (χ2v) is 4.98. The van der Waals surface area contributed by atoms with Crippen molar-refractivity contribution in [1.29, 1.82) is 0 Å². The normalized spacial score (nSPS) is 10.2. The largest absolute Gasteiger partial charge is 0.462 e. The molecule has 0 unspecified atom stereocenters. The third kappa shape index (κ3) is 3.79. The molecule has 0 bridgehead atoms. The average Bonchev–Trinajstić information content (AvgIpc) is 2.83. The van der Waals surface area contributed by atoms with Crippen molar-refractivity contribution >= 4 is 23.0 Å². The fourth-order valence-corrected chi connectivity index (χ4v) is 2.31. The number of nitrogens with one attached hydrogen (secondary N) is 1. The lowest BCUT2D eigenvalue weighted by molar-refractivity contribution is 0.0526. The molecule has 1 aromatic heterocycles. The van der Waals surface area contributed by atoms with E-state index in [1.54, 1.807) is 30.4 Å². The zero-order valence-corrected chi connectivity index (χ0v) is 11.8. The van der Waals surface area contributed by atoms with Crippen LogP contribution in [0, 0.1) is 6.92 Å². The van der Waals surface area contributed by atoms with Gasteiger partial charge in [-0.3, -0.25) is 0 Å². The van der Waals surface area contributed by atoms with Crippen molar-refractivity contribution in [2.24, 2.45) is 0 Å². The number of rotatable bonds is 5. The van der Waals surface area contributed by atoms with Crippen LogP contribution in [0.2, 0.25) is 0 Å². The first-order valence-corrected chi connectivity index (χ1v) is 6.99. The van der Waals surface area contributed by atoms with Crippen molar-refractivity contribution in [3.8, 4) is 0 Å². The fourth-order valence-electron chi connectivity index (χ4n) is 1.60. The maximum Gasteiger partial charge on any atom is 0.338 e. The lowest BCUT2D eigenvalue weighted by Crippen LogP contribution is -2.05. The van der Waals surface area contributed by atoms with Gasteiger partial charge in [0.2, 0.25) is 0 Å². The monoisotopic (exact) mass is 276 g/mol. The summed E-state index contributed by atoms with van der Waals surface area (Å²) in [6, 6.07) is 7.25. The number of esters is 1. The Bertz CT molecular complexity index is 549. The minimum atomic E-state index is -0.287. The van der Waals surface area contributed by atoms with Crippen molar-refractivity contribution in [3.63, 3.8) is 0 Å². The second kappa shape index (κ2) is 6.33. The van der Waals surface area contributed by atoms with Gasteiger partial charge < -0.3 is 10.1 Å². The lowest BCUT2D eigenvalue weighted by atomic mass is 10.2. The van der Waals surface area contributed by atoms with Crippen molar-refractivity contribution in [2.75, 3.05) is 11.9 Å². The van der Waals surface area contributed by atoms with Gasteiger partial charge in [-0.05, 0) is 38.1 Å². The van der Waals surface area contributed by atoms with Gasteiger partial charge in [0.1, 0.15) is 5.01 Å². The molecule has 4 nitrogen and oxygen atoms in total. The molecule has 0 aliphatic heterocycles. The van der Waals surface area contributed by atoms with Crippen LogP contribution in [0.25, 0.3) is 0 Å². The van der Waals surface area contributed by atoms with E-state index in [1.165, 1.54) is 0 Å². The van der Waals surface area contributed by atoms with Crippen LogP contribution in [-0.2, 0) is 11.3 Å². The van der Waals surface area contributed by atoms with Gasteiger partial charge in [0.25, 0.3) is 0 Å². The Morgan fingerprint density at radius 2 is 2.11 bits per heavy atom. The van der Waals surface area contributed by atoms with Gasteiger partial charge in [0.15, 0.2) is 0 Å². The summed E-state index contributed by atoms with van der Waals surface area (Å²) in [6.07, 6.45) is 0. The van der Waals surface area contributed by atoms with Crippen molar-refractivity contribution in [3.05, 3.63) is 45.9 Å². The second-order valence-electron chi connectivity index (χ2n) is 4.03. The molecule has 0 radical (unpaired) electrons. The molecule has 0 spiro atoms. The van der Waals surface area contributed by atoms with Crippen LogP contribution in [0.3, 0.4) is 0 Å². The first-order chi connectivity index (χ1) is 9.19. The number of hydrogen-bond donors (Lipinski definition) is 1. The molecule has 1 aromatic carbocycles. The predicted octanol–water partition coefficient (Wildman–Crippen LogP) is 3.24. The summed E-state index contributed by atoms with van der Waals surface area (Å²) in [5.41, 5.74) is 2.57. The van der Waals surface area contributed by atoms with Crippen LogP contribution in [0.5, 0.6) is 0 Å². The summed E-state index contributed by atoms with van der Waals surface area (Å²) in [6.45, 7) is 4.86. The Morgan fingerprint density at radius 3 is 2.68 bits per heavy atom. The molecular weight excluding hydrogens is 260 g/mol. The Hall–Kier alpha value is -1.88. The van der Waals surface area contributed by atoms with Gasteiger partial charge in [-0.25, -0.2) is 9.78 Å². The van der Waals surface area contributed by atoms with Gasteiger partial charge in [-0.15, -0.1) is 11.3 Å². The van der Waals surface area contributed by atoms with E-state index in [2.05, 4.69) is 10.3 Å². The molecular formula is C14H16N2O2S. The molecule has 0 fully saturated rings. The third-order valence-electron chi connectivity index (χ3n) is 2.51. The smallest absolute Gasteiger partial charge is 0.338 e. The van der Waals surface area contributed by atoms with E-state index in [1.807, 2.05) is 24.4 Å². The number of aromatic nitrogens is 1. The number of hydrogen-bond acceptors (Lipinski definition) is 5. The molecule has 1 heterocycles. The van der Waals surface area contributed by atoms with Crippen LogP contribution < -0.4 is 5.32 Å². The highest BCUT2D eigenvalue weighted by Gasteiger charge is 2.05. The Kier molecular flexibility index (Phi) is 4.52. The highest BCUT2D eigenvalue weighted by Crippen LogP contribution is 2.14. The number of carbonyl (C=O) groups excluding carboxylic acids is 1. The van der Waals surface area contributed by atoms with Crippen molar-refractivity contribution in [2.45, 2.75) is 20.4 Å². The summed E-state index contributed by atoms with van der Waals surface area (Å²) in [5, 5.41) is 6.34. The lowest BCUT2D eigenvalue weighted by Gasteiger charge is -2.05. The van der Waals surface area contributed by atoms with E-state index in [-0.39, 0.29) is 5.97 Å². The molecule has 100 valence electrons. The van der Waals surface area contributed by atoms with E-state index < -0.39 is 0 Å². The molecule has 0 saturated carbocycles. The molecule has 2 rings (SSSR count). The highest BCUT2D eigenvalue weighted by atomic mass is 32.1. The van der Waals surface area contributed by atoms with E-state index in [4.69, 9.17) is 4.74 Å². The maximum absolute atomic E-state index is 11.5. The Labute approximate surface area is 116 Å². The van der Waals surface area contributed by atoms with Crippen LogP contribution in [0.15, 0.2) is 29.6 Å². The van der Waals surface area contributed by atoms with E-state index in [9.17, 15) is 4.79 Å². The van der Waals surface area contributed by atoms with Crippen LogP contribution >= 0.6 is 11.3 Å². The van der Waals surface area contributed by atoms with Gasteiger partial charge >= 0.3 is 5.97 Å². The molecule has 1 N–H and O–H groups in total. The maximum atomic E-state index is 11.5. The minimum absolute atomic E-state index is 0.287. The van der Waals surface area contributed by atoms with Crippen LogP contribution in [0.1, 0.15) is 28.0 Å². The van der Waals surface area contributed by atoms with Gasteiger partial charge in [0, 0.05) is 16.8 Å². The molecule has 0 aliphatic carbocycles. The van der Waals surface area contributed by atoms with E-state index >= 15 is 0 Å². The molecule has 19 heavy (non-hydrogen) atoms. The summed E-state index contributed by atoms with van der Waals surface area (Å²) in [5.74, 6) is -0.287. The number of anilines is 1. The Morgan fingerprint density at radius 1 is 1.37 bits per heavy atom. The number of aryl methyl sites for hydroxylation is 1. The topological polar surface area (TPSA) is 51.2 Å². The van der Waals surface area contributed by atoms with E-state index in [0.717, 1.165) is 16.4 Å². The number of benzene rings is 1. The number of nitrogens with zero attached hydrogens (tertiary/aromatic N) is 1. The zero-order chi connectivity index (χ0) is 13.7. The van der Waals surface area contributed by atoms with Crippen LogP contribution in [-0.4, -0.2) is 17.6 Å². The molecule has 5 heteroatoms. The fraction of sp³-hybridized carbons (Fsp3) is 0.286. The molecule has 0 atom stereocenters. The molecule has 0 aliphatic rings. The van der Waals surface area contributed by atoms with Crippen LogP contribution in [0.4, 0.5) is 5.69 Å². The number of thiazole rings is 1. The highest BCUT2D eigenvalue weighted by molar-refractivity contribution is 7.09. The van der Waals surface area contributed by atoms with Crippen molar-refractivity contribution < 1.29 is 9.53 Å². The number of carbonyl (C=O) groups is 1. The predicted molar refractivity (Wildman–Crippen MR) is 76.6 cm³/mol. The van der Waals surface area contributed by atoms with Gasteiger partial charge in [0.05, 0.1) is 18.7 Å². The molecule has 0 amide bonds. The summed E-state index contributed by atoms with van der Waals surface area (Å²) < 4.78 is 4.93.